The molecular weight excluding hydrogens is 676 g/mol. The van der Waals surface area contributed by atoms with E-state index >= 15 is 0 Å². The molecule has 50 heavy (non-hydrogen) atoms. The smallest absolute Gasteiger partial charge is 0.408 e. The molecule has 0 bridgehead atoms. The van der Waals surface area contributed by atoms with Crippen LogP contribution >= 0.6 is 23.5 Å². The highest BCUT2D eigenvalue weighted by Crippen LogP contribution is 2.41. The Morgan fingerprint density at radius 1 is 0.920 bits per heavy atom. The zero-order chi connectivity index (χ0) is 34.7. The van der Waals surface area contributed by atoms with Crippen molar-refractivity contribution in [1.29, 1.82) is 0 Å². The number of nitrogens with zero attached hydrogens (tertiary/aromatic N) is 2. The van der Waals surface area contributed by atoms with E-state index < -0.39 is 29.1 Å². The molecule has 1 fully saturated rings. The molecule has 1 unspecified atom stereocenters. The van der Waals surface area contributed by atoms with E-state index in [0.717, 1.165) is 11.1 Å². The van der Waals surface area contributed by atoms with Crippen LogP contribution in [0.5, 0.6) is 0 Å². The summed E-state index contributed by atoms with van der Waals surface area (Å²) in [7, 11) is 0. The molecule has 2 heterocycles. The van der Waals surface area contributed by atoms with Gasteiger partial charge in [0.25, 0.3) is 0 Å². The summed E-state index contributed by atoms with van der Waals surface area (Å²) in [6, 6.07) is 34.6. The van der Waals surface area contributed by atoms with Gasteiger partial charge in [-0.05, 0) is 59.2 Å². The van der Waals surface area contributed by atoms with Crippen molar-refractivity contribution < 1.29 is 27.9 Å². The normalized spacial score (nSPS) is 15.5. The van der Waals surface area contributed by atoms with E-state index in [-0.39, 0.29) is 19.1 Å². The number of hydrogen-bond donors (Lipinski definition) is 2. The van der Waals surface area contributed by atoms with Crippen molar-refractivity contribution in [2.24, 2.45) is 4.99 Å². The number of halogens is 1. The van der Waals surface area contributed by atoms with Crippen LogP contribution in [0.15, 0.2) is 137 Å². The highest BCUT2D eigenvalue weighted by Gasteiger charge is 2.39. The van der Waals surface area contributed by atoms with Gasteiger partial charge in [-0.2, -0.15) is 11.8 Å². The minimum Gasteiger partial charge on any atom is -0.467 e. The third-order valence-corrected chi connectivity index (χ3v) is 9.91. The van der Waals surface area contributed by atoms with Crippen LogP contribution in [0.1, 0.15) is 27.7 Å². The van der Waals surface area contributed by atoms with Crippen molar-refractivity contribution in [3.05, 3.63) is 156 Å². The lowest BCUT2D eigenvalue weighted by Crippen LogP contribution is -2.45. The number of carbonyl (C=O) groups is 3. The maximum Gasteiger partial charge on any atom is 0.408 e. The van der Waals surface area contributed by atoms with E-state index in [0.29, 0.717) is 39.4 Å². The molecule has 1 aromatic heterocycles. The summed E-state index contributed by atoms with van der Waals surface area (Å²) < 4.78 is 24.8. The standard InChI is InChI=1S/C38H33FN4O5S2/c39-29-13-7-14-31(21-29)41-37-43(22-32-15-8-20-47-32)36(45)34(50-37)28-16-18-30(19-17-28)40-35(44)33(25-49-24-27-11-5-2-6-12-27)42-38(46)48-23-26-9-3-1-4-10-26/h1-21,33-34H,22-25H2,(H,40,44)(H,42,46)/t33-,34?/m0/s1. The first-order valence-corrected chi connectivity index (χ1v) is 17.8. The molecular formula is C38H33FN4O5S2. The number of aliphatic imine (C=N–C) groups is 1. The molecule has 1 aliphatic heterocycles. The zero-order valence-corrected chi connectivity index (χ0v) is 28.4. The lowest BCUT2D eigenvalue weighted by atomic mass is 10.1. The van der Waals surface area contributed by atoms with Gasteiger partial charge in [0, 0.05) is 17.2 Å². The summed E-state index contributed by atoms with van der Waals surface area (Å²) in [6.45, 7) is 0.243. The number of amidine groups is 1. The van der Waals surface area contributed by atoms with E-state index in [9.17, 15) is 18.8 Å². The Balaban J connectivity index is 1.13. The van der Waals surface area contributed by atoms with Crippen LogP contribution in [0.4, 0.5) is 20.6 Å². The van der Waals surface area contributed by atoms with Gasteiger partial charge in [0.1, 0.15) is 29.5 Å². The molecule has 254 valence electrons. The molecule has 12 heteroatoms. The fourth-order valence-corrected chi connectivity index (χ4v) is 7.23. The number of anilines is 1. The topological polar surface area (TPSA) is 113 Å². The summed E-state index contributed by atoms with van der Waals surface area (Å²) >= 11 is 2.77. The summed E-state index contributed by atoms with van der Waals surface area (Å²) in [5.41, 5.74) is 3.51. The second kappa shape index (κ2) is 16.9. The highest BCUT2D eigenvalue weighted by molar-refractivity contribution is 8.15. The van der Waals surface area contributed by atoms with Crippen LogP contribution in [0.3, 0.4) is 0 Å². The van der Waals surface area contributed by atoms with Crippen molar-refractivity contribution in [2.75, 3.05) is 11.1 Å². The molecule has 4 aromatic carbocycles. The largest absolute Gasteiger partial charge is 0.467 e. The number of furan rings is 1. The molecule has 1 saturated heterocycles. The number of benzene rings is 4. The lowest BCUT2D eigenvalue weighted by molar-refractivity contribution is -0.126. The fraction of sp³-hybridized carbons (Fsp3) is 0.158. The van der Waals surface area contributed by atoms with E-state index in [1.807, 2.05) is 60.7 Å². The van der Waals surface area contributed by atoms with Crippen LogP contribution in [-0.2, 0) is 33.2 Å². The number of alkyl carbamates (subject to hydrolysis) is 1. The number of carbonyl (C=O) groups excluding carboxylic acids is 3. The Morgan fingerprint density at radius 2 is 1.66 bits per heavy atom. The van der Waals surface area contributed by atoms with Gasteiger partial charge in [-0.3, -0.25) is 14.5 Å². The van der Waals surface area contributed by atoms with Crippen LogP contribution in [0.25, 0.3) is 0 Å². The molecule has 5 aromatic rings. The Labute approximate surface area is 297 Å². The molecule has 1 aliphatic rings. The van der Waals surface area contributed by atoms with E-state index in [1.165, 1.54) is 46.8 Å². The van der Waals surface area contributed by atoms with Gasteiger partial charge in [-0.15, -0.1) is 0 Å². The quantitative estimate of drug-likeness (QED) is 0.127. The maximum absolute atomic E-state index is 13.9. The number of amides is 3. The van der Waals surface area contributed by atoms with Crippen molar-refractivity contribution in [2.45, 2.75) is 30.2 Å². The van der Waals surface area contributed by atoms with Gasteiger partial charge in [-0.25, -0.2) is 14.2 Å². The highest BCUT2D eigenvalue weighted by atomic mass is 32.2. The molecule has 0 aliphatic carbocycles. The monoisotopic (exact) mass is 708 g/mol. The van der Waals surface area contributed by atoms with Crippen LogP contribution in [0, 0.1) is 5.82 Å². The first-order chi connectivity index (χ1) is 24.4. The number of nitrogens with one attached hydrogen (secondary N) is 2. The second-order valence-electron chi connectivity index (χ2n) is 11.2. The number of hydrogen-bond acceptors (Lipinski definition) is 8. The number of ether oxygens (including phenoxy) is 1. The zero-order valence-electron chi connectivity index (χ0n) is 26.7. The molecule has 2 atom stereocenters. The summed E-state index contributed by atoms with van der Waals surface area (Å²) in [5, 5.41) is 5.40. The molecule has 0 saturated carbocycles. The average molecular weight is 709 g/mol. The second-order valence-corrected chi connectivity index (χ2v) is 13.3. The van der Waals surface area contributed by atoms with Crippen molar-refractivity contribution in [3.63, 3.8) is 0 Å². The summed E-state index contributed by atoms with van der Waals surface area (Å²) in [5.74, 6) is 0.519. The average Bonchev–Trinajstić information content (AvgIpc) is 3.76. The van der Waals surface area contributed by atoms with E-state index in [2.05, 4.69) is 15.6 Å². The predicted molar refractivity (Wildman–Crippen MR) is 194 cm³/mol. The molecule has 0 spiro atoms. The SMILES string of the molecule is O=C(N[C@@H](CSCc1ccccc1)C(=O)Nc1ccc(C2SC(=Nc3cccc(F)c3)N(Cc3ccco3)C2=O)cc1)OCc1ccccc1. The van der Waals surface area contributed by atoms with Gasteiger partial charge in [0.05, 0.1) is 18.5 Å². The van der Waals surface area contributed by atoms with Gasteiger partial charge in [0.15, 0.2) is 5.17 Å². The molecule has 3 amide bonds. The summed E-state index contributed by atoms with van der Waals surface area (Å²) in [6.07, 6.45) is 0.836. The first kappa shape index (κ1) is 34.5. The molecule has 9 nitrogen and oxygen atoms in total. The predicted octanol–water partition coefficient (Wildman–Crippen LogP) is 8.09. The van der Waals surface area contributed by atoms with Gasteiger partial charge in [0.2, 0.25) is 11.8 Å². The lowest BCUT2D eigenvalue weighted by Gasteiger charge is -2.19. The Kier molecular flexibility index (Phi) is 11.6. The van der Waals surface area contributed by atoms with Crippen LogP contribution in [0.2, 0.25) is 0 Å². The Hall–Kier alpha value is -5.33. The minimum absolute atomic E-state index is 0.0745. The number of thioether (sulfide) groups is 2. The summed E-state index contributed by atoms with van der Waals surface area (Å²) in [4.78, 5) is 46.0. The van der Waals surface area contributed by atoms with E-state index in [4.69, 9.17) is 9.15 Å². The van der Waals surface area contributed by atoms with Crippen molar-refractivity contribution in [3.8, 4) is 0 Å². The van der Waals surface area contributed by atoms with E-state index in [1.54, 1.807) is 48.5 Å². The Bertz CT molecular complexity index is 1930. The van der Waals surface area contributed by atoms with Gasteiger partial charge in [-0.1, -0.05) is 90.6 Å². The number of rotatable bonds is 13. The molecule has 6 rings (SSSR count). The van der Waals surface area contributed by atoms with Gasteiger partial charge < -0.3 is 19.8 Å². The van der Waals surface area contributed by atoms with Crippen molar-refractivity contribution in [1.82, 2.24) is 10.2 Å². The first-order valence-electron chi connectivity index (χ1n) is 15.8. The van der Waals surface area contributed by atoms with Crippen LogP contribution < -0.4 is 10.6 Å². The molecule has 0 radical (unpaired) electrons. The van der Waals surface area contributed by atoms with Gasteiger partial charge >= 0.3 is 6.09 Å². The van der Waals surface area contributed by atoms with Crippen molar-refractivity contribution >= 4 is 58.0 Å². The maximum atomic E-state index is 13.9. The molecule has 2 N–H and O–H groups in total. The minimum atomic E-state index is -0.879. The fourth-order valence-electron chi connectivity index (χ4n) is 5.04. The third-order valence-electron chi connectivity index (χ3n) is 7.57. The van der Waals surface area contributed by atoms with Crippen LogP contribution in [-0.4, -0.2) is 39.8 Å². The Morgan fingerprint density at radius 3 is 2.36 bits per heavy atom. The third kappa shape index (κ3) is 9.42.